The second-order valence-electron chi connectivity index (χ2n) is 8.66. The molecule has 0 radical (unpaired) electrons. The van der Waals surface area contributed by atoms with Gasteiger partial charge >= 0.3 is 0 Å². The van der Waals surface area contributed by atoms with Gasteiger partial charge in [-0.3, -0.25) is 14.6 Å². The summed E-state index contributed by atoms with van der Waals surface area (Å²) in [5.74, 6) is -0.201. The third-order valence-corrected chi connectivity index (χ3v) is 6.75. The fourth-order valence-corrected chi connectivity index (χ4v) is 4.78. The van der Waals surface area contributed by atoms with E-state index < -0.39 is 0 Å². The molecule has 2 aromatic carbocycles. The number of carbonyl (C=O) groups excluding carboxylic acids is 2. The van der Waals surface area contributed by atoms with Crippen molar-refractivity contribution in [2.75, 3.05) is 6.54 Å². The van der Waals surface area contributed by atoms with E-state index >= 15 is 0 Å². The molecule has 0 saturated carbocycles. The third kappa shape index (κ3) is 4.57. The Labute approximate surface area is 189 Å². The Morgan fingerprint density at radius 2 is 1.69 bits per heavy atom. The molecule has 2 atom stereocenters. The monoisotopic (exact) mass is 427 g/mol. The van der Waals surface area contributed by atoms with Crippen LogP contribution in [0.2, 0.25) is 0 Å². The molecule has 32 heavy (non-hydrogen) atoms. The number of amides is 2. The van der Waals surface area contributed by atoms with E-state index in [-0.39, 0.29) is 29.7 Å². The molecule has 1 aliphatic heterocycles. The summed E-state index contributed by atoms with van der Waals surface area (Å²) >= 11 is 0. The average molecular weight is 428 g/mol. The fourth-order valence-electron chi connectivity index (χ4n) is 4.78. The Hall–Kier alpha value is -3.47. The highest BCUT2D eigenvalue weighted by atomic mass is 16.2. The molecule has 1 aromatic heterocycles. The van der Waals surface area contributed by atoms with E-state index in [0.29, 0.717) is 19.4 Å². The van der Waals surface area contributed by atoms with Crippen molar-refractivity contribution < 1.29 is 9.59 Å². The van der Waals surface area contributed by atoms with Crippen molar-refractivity contribution in [3.63, 3.8) is 0 Å². The molecular formula is C27H29N3O2. The van der Waals surface area contributed by atoms with E-state index in [2.05, 4.69) is 48.3 Å². The molecule has 1 saturated heterocycles. The van der Waals surface area contributed by atoms with Crippen molar-refractivity contribution in [3.05, 3.63) is 90.3 Å². The maximum absolute atomic E-state index is 13.3. The van der Waals surface area contributed by atoms with Crippen LogP contribution in [-0.2, 0) is 15.0 Å². The van der Waals surface area contributed by atoms with Gasteiger partial charge in [0.1, 0.15) is 0 Å². The van der Waals surface area contributed by atoms with E-state index in [0.717, 1.165) is 28.7 Å². The Morgan fingerprint density at radius 3 is 2.31 bits per heavy atom. The number of rotatable bonds is 7. The number of piperidine rings is 1. The normalized spacial score (nSPS) is 19.5. The van der Waals surface area contributed by atoms with Crippen LogP contribution >= 0.6 is 0 Å². The minimum Gasteiger partial charge on any atom is -0.370 e. The van der Waals surface area contributed by atoms with Crippen LogP contribution < -0.4 is 5.73 Å². The first-order chi connectivity index (χ1) is 15.5. The Morgan fingerprint density at radius 1 is 1.03 bits per heavy atom. The molecule has 5 nitrogen and oxygen atoms in total. The first kappa shape index (κ1) is 21.8. The lowest BCUT2D eigenvalue weighted by Crippen LogP contribution is -2.47. The Kier molecular flexibility index (Phi) is 6.35. The van der Waals surface area contributed by atoms with Gasteiger partial charge in [-0.2, -0.15) is 0 Å². The van der Waals surface area contributed by atoms with Crippen molar-refractivity contribution >= 4 is 11.8 Å². The van der Waals surface area contributed by atoms with Crippen molar-refractivity contribution in [2.45, 2.75) is 44.1 Å². The van der Waals surface area contributed by atoms with Crippen LogP contribution in [0, 0.1) is 0 Å². The van der Waals surface area contributed by atoms with Gasteiger partial charge in [0, 0.05) is 37.2 Å². The summed E-state index contributed by atoms with van der Waals surface area (Å²) in [5, 5.41) is 0. The van der Waals surface area contributed by atoms with Gasteiger partial charge in [-0.1, -0.05) is 54.6 Å². The van der Waals surface area contributed by atoms with Crippen LogP contribution in [-0.4, -0.2) is 28.2 Å². The lowest BCUT2D eigenvalue weighted by Gasteiger charge is -2.44. The molecular weight excluding hydrogens is 398 g/mol. The number of hydrogen-bond donors (Lipinski definition) is 1. The summed E-state index contributed by atoms with van der Waals surface area (Å²) in [6, 6.07) is 22.4. The minimum absolute atomic E-state index is 0.0149. The summed E-state index contributed by atoms with van der Waals surface area (Å²) in [5.41, 5.74) is 9.59. The molecule has 0 bridgehead atoms. The molecule has 1 unspecified atom stereocenters. The second kappa shape index (κ2) is 9.35. The van der Waals surface area contributed by atoms with Gasteiger partial charge in [0.2, 0.25) is 11.8 Å². The second-order valence-corrected chi connectivity index (χ2v) is 8.66. The highest BCUT2D eigenvalue weighted by Crippen LogP contribution is 2.42. The Balaban J connectivity index is 1.51. The highest BCUT2D eigenvalue weighted by molar-refractivity contribution is 5.80. The van der Waals surface area contributed by atoms with Crippen molar-refractivity contribution in [1.29, 1.82) is 0 Å². The standard InChI is InChI=1S/C27H29N3O2/c1-20(21-7-9-22(10-8-21)23-12-16-29-17-13-23)30-18-15-27(19-26(30)32,14-11-25(28)31)24-5-3-2-4-6-24/h2-10,12-13,16-17,20H,11,14-15,18-19H2,1H3,(H2,28,31)/t20-,27?/m0/s1. The number of nitrogens with zero attached hydrogens (tertiary/aromatic N) is 2. The molecule has 1 fully saturated rings. The maximum atomic E-state index is 13.3. The number of nitrogens with two attached hydrogens (primary N) is 1. The van der Waals surface area contributed by atoms with Crippen LogP contribution in [0.5, 0.6) is 0 Å². The number of aromatic nitrogens is 1. The van der Waals surface area contributed by atoms with Crippen LogP contribution in [0.3, 0.4) is 0 Å². The lowest BCUT2D eigenvalue weighted by atomic mass is 9.69. The van der Waals surface area contributed by atoms with Gasteiger partial charge in [0.05, 0.1) is 6.04 Å². The van der Waals surface area contributed by atoms with Crippen molar-refractivity contribution in [3.8, 4) is 11.1 Å². The molecule has 3 aromatic rings. The zero-order chi connectivity index (χ0) is 22.6. The first-order valence-corrected chi connectivity index (χ1v) is 11.1. The van der Waals surface area contributed by atoms with Crippen LogP contribution in [0.25, 0.3) is 11.1 Å². The van der Waals surface area contributed by atoms with Gasteiger partial charge in [-0.05, 0) is 54.2 Å². The van der Waals surface area contributed by atoms with Gasteiger partial charge in [0.25, 0.3) is 0 Å². The lowest BCUT2D eigenvalue weighted by molar-refractivity contribution is -0.139. The molecule has 2 N–H and O–H groups in total. The predicted molar refractivity (Wildman–Crippen MR) is 126 cm³/mol. The van der Waals surface area contributed by atoms with Crippen molar-refractivity contribution in [1.82, 2.24) is 9.88 Å². The van der Waals surface area contributed by atoms with Crippen molar-refractivity contribution in [2.24, 2.45) is 5.73 Å². The topological polar surface area (TPSA) is 76.3 Å². The summed E-state index contributed by atoms with van der Waals surface area (Å²) in [4.78, 5) is 30.9. The van der Waals surface area contributed by atoms with E-state index in [1.165, 1.54) is 0 Å². The number of benzene rings is 2. The molecule has 164 valence electrons. The van der Waals surface area contributed by atoms with Gasteiger partial charge in [0.15, 0.2) is 0 Å². The van der Waals surface area contributed by atoms with E-state index in [1.54, 1.807) is 12.4 Å². The van der Waals surface area contributed by atoms with Gasteiger partial charge in [-0.15, -0.1) is 0 Å². The molecule has 2 amide bonds. The summed E-state index contributed by atoms with van der Waals surface area (Å²) < 4.78 is 0. The van der Waals surface area contributed by atoms with E-state index in [4.69, 9.17) is 5.73 Å². The fraction of sp³-hybridized carbons (Fsp3) is 0.296. The van der Waals surface area contributed by atoms with E-state index in [9.17, 15) is 9.59 Å². The highest BCUT2D eigenvalue weighted by Gasteiger charge is 2.41. The summed E-state index contributed by atoms with van der Waals surface area (Å²) in [6.45, 7) is 2.73. The first-order valence-electron chi connectivity index (χ1n) is 11.1. The molecule has 0 spiro atoms. The molecule has 4 rings (SSSR count). The molecule has 5 heteroatoms. The maximum Gasteiger partial charge on any atom is 0.223 e. The van der Waals surface area contributed by atoms with E-state index in [1.807, 2.05) is 35.2 Å². The number of likely N-dealkylation sites (tertiary alicyclic amines) is 1. The molecule has 2 heterocycles. The quantitative estimate of drug-likeness (QED) is 0.597. The number of primary amides is 1. The van der Waals surface area contributed by atoms with Crippen LogP contribution in [0.1, 0.15) is 49.8 Å². The van der Waals surface area contributed by atoms with Crippen LogP contribution in [0.15, 0.2) is 79.1 Å². The SMILES string of the molecule is C[C@@H](c1ccc(-c2ccncc2)cc1)N1CCC(CCC(N)=O)(c2ccccc2)CC1=O. The number of carbonyl (C=O) groups is 2. The smallest absolute Gasteiger partial charge is 0.223 e. The zero-order valence-corrected chi connectivity index (χ0v) is 18.4. The largest absolute Gasteiger partial charge is 0.370 e. The van der Waals surface area contributed by atoms with Gasteiger partial charge in [-0.25, -0.2) is 0 Å². The number of hydrogen-bond acceptors (Lipinski definition) is 3. The summed E-state index contributed by atoms with van der Waals surface area (Å²) in [6.07, 6.45) is 5.67. The summed E-state index contributed by atoms with van der Waals surface area (Å²) in [7, 11) is 0. The average Bonchev–Trinajstić information content (AvgIpc) is 2.83. The van der Waals surface area contributed by atoms with Crippen LogP contribution in [0.4, 0.5) is 0 Å². The predicted octanol–water partition coefficient (Wildman–Crippen LogP) is 4.64. The zero-order valence-electron chi connectivity index (χ0n) is 18.4. The Bertz CT molecular complexity index is 1070. The molecule has 1 aliphatic rings. The third-order valence-electron chi connectivity index (χ3n) is 6.75. The van der Waals surface area contributed by atoms with Gasteiger partial charge < -0.3 is 10.6 Å². The molecule has 0 aliphatic carbocycles. The minimum atomic E-state index is -0.338. The number of pyridine rings is 1.